The molecule has 1 aliphatic heterocycles. The Balaban J connectivity index is 1.90. The summed E-state index contributed by atoms with van der Waals surface area (Å²) in [7, 11) is 0. The van der Waals surface area contributed by atoms with Gasteiger partial charge >= 0.3 is 0 Å². The van der Waals surface area contributed by atoms with Crippen LogP contribution in [0.25, 0.3) is 0 Å². The van der Waals surface area contributed by atoms with E-state index in [1.807, 2.05) is 26.0 Å². The van der Waals surface area contributed by atoms with E-state index in [-0.39, 0.29) is 18.1 Å². The van der Waals surface area contributed by atoms with Crippen LogP contribution in [0.5, 0.6) is 0 Å². The van der Waals surface area contributed by atoms with Crippen LogP contribution < -0.4 is 10.6 Å². The lowest BCUT2D eigenvalue weighted by molar-refractivity contribution is 0.0854. The third-order valence-corrected chi connectivity index (χ3v) is 2.93. The zero-order valence-electron chi connectivity index (χ0n) is 11.5. The molecule has 5 nitrogen and oxygen atoms in total. The molecule has 5 heteroatoms. The summed E-state index contributed by atoms with van der Waals surface area (Å²) in [6, 6.07) is 5.70. The van der Waals surface area contributed by atoms with E-state index in [0.717, 1.165) is 25.3 Å². The van der Waals surface area contributed by atoms with Gasteiger partial charge in [-0.05, 0) is 38.8 Å². The molecule has 1 amide bonds. The normalized spacial score (nSPS) is 18.6. The number of pyridine rings is 1. The van der Waals surface area contributed by atoms with E-state index in [0.29, 0.717) is 12.2 Å². The number of nitrogens with one attached hydrogen (secondary N) is 2. The maximum absolute atomic E-state index is 12.0. The molecule has 1 fully saturated rings. The second-order valence-electron chi connectivity index (χ2n) is 5.05. The van der Waals surface area contributed by atoms with Gasteiger partial charge in [-0.25, -0.2) is 4.98 Å². The first-order valence-electron chi connectivity index (χ1n) is 6.78. The van der Waals surface area contributed by atoms with Crippen LogP contribution in [0.15, 0.2) is 18.2 Å². The molecular formula is C14H21N3O2. The number of hydrogen-bond acceptors (Lipinski definition) is 4. The van der Waals surface area contributed by atoms with E-state index < -0.39 is 0 Å². The van der Waals surface area contributed by atoms with Crippen molar-refractivity contribution in [1.29, 1.82) is 0 Å². The first-order valence-corrected chi connectivity index (χ1v) is 6.78. The molecule has 0 spiro atoms. The molecule has 0 saturated carbocycles. The van der Waals surface area contributed by atoms with Crippen LogP contribution in [0.2, 0.25) is 0 Å². The molecule has 1 saturated heterocycles. The largest absolute Gasteiger partial charge is 0.376 e. The highest BCUT2D eigenvalue weighted by Gasteiger charge is 2.17. The van der Waals surface area contributed by atoms with E-state index >= 15 is 0 Å². The summed E-state index contributed by atoms with van der Waals surface area (Å²) in [5.41, 5.74) is 0.434. The SMILES string of the molecule is CC(C)Nc1cccc(C(=O)NCC2CCCO2)n1. The molecule has 2 heterocycles. The van der Waals surface area contributed by atoms with Crippen molar-refractivity contribution >= 4 is 11.7 Å². The fourth-order valence-electron chi connectivity index (χ4n) is 2.04. The molecule has 104 valence electrons. The van der Waals surface area contributed by atoms with Crippen molar-refractivity contribution in [3.05, 3.63) is 23.9 Å². The number of hydrogen-bond donors (Lipinski definition) is 2. The van der Waals surface area contributed by atoms with E-state index in [1.54, 1.807) is 6.07 Å². The average molecular weight is 263 g/mol. The van der Waals surface area contributed by atoms with Gasteiger partial charge in [0.2, 0.25) is 0 Å². The predicted octanol–water partition coefficient (Wildman–Crippen LogP) is 1.81. The third kappa shape index (κ3) is 4.21. The van der Waals surface area contributed by atoms with E-state index in [9.17, 15) is 4.79 Å². The molecule has 0 aromatic carbocycles. The fourth-order valence-corrected chi connectivity index (χ4v) is 2.04. The van der Waals surface area contributed by atoms with Gasteiger partial charge in [0.15, 0.2) is 0 Å². The Bertz CT molecular complexity index is 428. The van der Waals surface area contributed by atoms with Crippen LogP contribution in [0.4, 0.5) is 5.82 Å². The van der Waals surface area contributed by atoms with E-state index in [4.69, 9.17) is 4.74 Å². The van der Waals surface area contributed by atoms with Crippen LogP contribution in [0.1, 0.15) is 37.2 Å². The van der Waals surface area contributed by atoms with Crippen molar-refractivity contribution in [2.45, 2.75) is 38.8 Å². The van der Waals surface area contributed by atoms with Gasteiger partial charge in [0.1, 0.15) is 11.5 Å². The van der Waals surface area contributed by atoms with Gasteiger partial charge in [-0.15, -0.1) is 0 Å². The standard InChI is InChI=1S/C14H21N3O2/c1-10(2)16-13-7-3-6-12(17-13)14(18)15-9-11-5-4-8-19-11/h3,6-7,10-11H,4-5,8-9H2,1-2H3,(H,15,18)(H,16,17). The zero-order valence-corrected chi connectivity index (χ0v) is 11.5. The van der Waals surface area contributed by atoms with Gasteiger partial charge in [0.25, 0.3) is 5.91 Å². The first-order chi connectivity index (χ1) is 9.15. The summed E-state index contributed by atoms with van der Waals surface area (Å²) in [4.78, 5) is 16.3. The molecule has 0 aliphatic carbocycles. The number of aromatic nitrogens is 1. The van der Waals surface area contributed by atoms with Crippen molar-refractivity contribution < 1.29 is 9.53 Å². The lowest BCUT2D eigenvalue weighted by atomic mass is 10.2. The lowest BCUT2D eigenvalue weighted by Gasteiger charge is -2.12. The van der Waals surface area contributed by atoms with Gasteiger partial charge < -0.3 is 15.4 Å². The molecule has 1 aromatic rings. The second kappa shape index (κ2) is 6.52. The number of carbonyl (C=O) groups is 1. The minimum absolute atomic E-state index is 0.150. The first kappa shape index (κ1) is 13.8. The lowest BCUT2D eigenvalue weighted by Crippen LogP contribution is -2.32. The molecule has 0 radical (unpaired) electrons. The monoisotopic (exact) mass is 263 g/mol. The van der Waals surface area contributed by atoms with Crippen molar-refractivity contribution in [3.8, 4) is 0 Å². The topological polar surface area (TPSA) is 63.2 Å². The summed E-state index contributed by atoms with van der Waals surface area (Å²) in [6.45, 7) is 5.42. The van der Waals surface area contributed by atoms with Crippen LogP contribution in [-0.4, -0.2) is 36.2 Å². The number of ether oxygens (including phenoxy) is 1. The van der Waals surface area contributed by atoms with Crippen molar-refractivity contribution in [3.63, 3.8) is 0 Å². The molecule has 2 rings (SSSR count). The third-order valence-electron chi connectivity index (χ3n) is 2.93. The van der Waals surface area contributed by atoms with Crippen LogP contribution in [0.3, 0.4) is 0 Å². The summed E-state index contributed by atoms with van der Waals surface area (Å²) < 4.78 is 5.47. The Kier molecular flexibility index (Phi) is 4.74. The van der Waals surface area contributed by atoms with Gasteiger partial charge in [0, 0.05) is 19.2 Å². The number of carbonyl (C=O) groups excluding carboxylic acids is 1. The second-order valence-corrected chi connectivity index (χ2v) is 5.05. The molecule has 19 heavy (non-hydrogen) atoms. The van der Waals surface area contributed by atoms with Gasteiger partial charge in [0.05, 0.1) is 6.10 Å². The zero-order chi connectivity index (χ0) is 13.7. The Morgan fingerprint density at radius 2 is 2.37 bits per heavy atom. The Morgan fingerprint density at radius 1 is 1.53 bits per heavy atom. The molecule has 2 N–H and O–H groups in total. The summed E-state index contributed by atoms with van der Waals surface area (Å²) >= 11 is 0. The smallest absolute Gasteiger partial charge is 0.270 e. The summed E-state index contributed by atoms with van der Waals surface area (Å²) in [5, 5.41) is 6.05. The number of anilines is 1. The molecule has 1 aliphatic rings. The molecule has 0 bridgehead atoms. The minimum atomic E-state index is -0.150. The minimum Gasteiger partial charge on any atom is -0.376 e. The Hall–Kier alpha value is -1.62. The van der Waals surface area contributed by atoms with Crippen LogP contribution >= 0.6 is 0 Å². The van der Waals surface area contributed by atoms with E-state index in [1.165, 1.54) is 0 Å². The summed E-state index contributed by atoms with van der Waals surface area (Å²) in [5.74, 6) is 0.572. The van der Waals surface area contributed by atoms with Crippen molar-refractivity contribution in [2.24, 2.45) is 0 Å². The molecule has 1 aromatic heterocycles. The predicted molar refractivity (Wildman–Crippen MR) is 74.3 cm³/mol. The highest BCUT2D eigenvalue weighted by Crippen LogP contribution is 2.11. The fraction of sp³-hybridized carbons (Fsp3) is 0.571. The number of rotatable bonds is 5. The van der Waals surface area contributed by atoms with Crippen LogP contribution in [0, 0.1) is 0 Å². The maximum Gasteiger partial charge on any atom is 0.270 e. The Morgan fingerprint density at radius 3 is 3.05 bits per heavy atom. The molecule has 1 atom stereocenters. The summed E-state index contributed by atoms with van der Waals surface area (Å²) in [6.07, 6.45) is 2.25. The van der Waals surface area contributed by atoms with Gasteiger partial charge in [-0.2, -0.15) is 0 Å². The van der Waals surface area contributed by atoms with Crippen LogP contribution in [-0.2, 0) is 4.74 Å². The maximum atomic E-state index is 12.0. The highest BCUT2D eigenvalue weighted by atomic mass is 16.5. The Labute approximate surface area is 113 Å². The van der Waals surface area contributed by atoms with Gasteiger partial charge in [-0.3, -0.25) is 4.79 Å². The average Bonchev–Trinajstić information content (AvgIpc) is 2.88. The van der Waals surface area contributed by atoms with E-state index in [2.05, 4.69) is 15.6 Å². The van der Waals surface area contributed by atoms with Crippen molar-refractivity contribution in [1.82, 2.24) is 10.3 Å². The van der Waals surface area contributed by atoms with Crippen molar-refractivity contribution in [2.75, 3.05) is 18.5 Å². The quantitative estimate of drug-likeness (QED) is 0.850. The molecule has 1 unspecified atom stereocenters. The van der Waals surface area contributed by atoms with Gasteiger partial charge in [-0.1, -0.05) is 6.07 Å². The molecular weight excluding hydrogens is 242 g/mol. The number of amides is 1. The number of nitrogens with zero attached hydrogens (tertiary/aromatic N) is 1. The highest BCUT2D eigenvalue weighted by molar-refractivity contribution is 5.92.